The first-order valence-electron chi connectivity index (χ1n) is 0.667. The van der Waals surface area contributed by atoms with Crippen LogP contribution in [0.4, 0.5) is 0 Å². The monoisotopic (exact) mass is 192 g/mol. The van der Waals surface area contributed by atoms with Crippen molar-refractivity contribution in [3.8, 4) is 0 Å². The van der Waals surface area contributed by atoms with Gasteiger partial charge in [-0.3, -0.25) is 0 Å². The fourth-order valence-corrected chi connectivity index (χ4v) is 0. The second kappa shape index (κ2) is 26.4. The molecule has 0 radical (unpaired) electrons. The normalized spacial score (nSPS) is 3.71. The van der Waals surface area contributed by atoms with Crippen LogP contribution in [0.25, 0.3) is 0 Å². The van der Waals surface area contributed by atoms with Crippen molar-refractivity contribution in [1.82, 2.24) is 0 Å². The average Bonchev–Trinajstić information content (AvgIpc) is 1.39. The zero-order valence-electron chi connectivity index (χ0n) is 3.16. The molecule has 0 aromatic carbocycles. The Morgan fingerprint density at radius 1 is 1.00 bits per heavy atom. The van der Waals surface area contributed by atoms with Crippen LogP contribution >= 0.6 is 0 Å². The van der Waals surface area contributed by atoms with Crippen molar-refractivity contribution in [1.29, 1.82) is 0 Å². The maximum atomic E-state index is 8.44. The van der Waals surface area contributed by atoms with E-state index in [1.165, 1.54) is 0 Å². The van der Waals surface area contributed by atoms with Crippen molar-refractivity contribution >= 4 is 23.1 Å². The van der Waals surface area contributed by atoms with Gasteiger partial charge in [-0.15, -0.1) is 0 Å². The molecule has 0 aliphatic carbocycles. The molecule has 0 rings (SSSR count). The summed E-state index contributed by atoms with van der Waals surface area (Å²) >= 11 is -3.25. The van der Waals surface area contributed by atoms with Crippen LogP contribution in [-0.2, 0) is 38.6 Å². The van der Waals surface area contributed by atoms with Crippen LogP contribution in [0.15, 0.2) is 0 Å². The summed E-state index contributed by atoms with van der Waals surface area (Å²) in [6.07, 6.45) is 0. The minimum atomic E-state index is -1.62. The van der Waals surface area contributed by atoms with E-state index in [1.54, 1.807) is 0 Å². The molecule has 0 bridgehead atoms. The van der Waals surface area contributed by atoms with Gasteiger partial charge in [0.1, 0.15) is 0 Å². The van der Waals surface area contributed by atoms with Crippen LogP contribution < -0.4 is 8.32 Å². The first kappa shape index (κ1) is 15.8. The fraction of sp³-hybridized carbons (Fsp3) is 0. The van der Waals surface area contributed by atoms with Gasteiger partial charge in [-0.1, -0.05) is 0 Å². The molecule has 0 aromatic heterocycles. The second-order valence-corrected chi connectivity index (χ2v) is 0.561. The van der Waals surface area contributed by atoms with Crippen molar-refractivity contribution in [2.45, 2.75) is 0 Å². The Bertz CT molecular complexity index is 30.7. The molecule has 0 unspecified atom stereocenters. The van der Waals surface area contributed by atoms with Crippen LogP contribution in [0.2, 0.25) is 0 Å². The van der Waals surface area contributed by atoms with E-state index >= 15 is 0 Å². The predicted molar refractivity (Wildman–Crippen MR) is 7.13 cm³/mol. The Morgan fingerprint density at radius 2 is 1.00 bits per heavy atom. The van der Waals surface area contributed by atoms with E-state index in [2.05, 4.69) is 0 Å². The molecule has 0 heterocycles. The first-order valence-corrected chi connectivity index (χ1v) is 2.75. The van der Waals surface area contributed by atoms with Crippen LogP contribution in [0.5, 0.6) is 0 Å². The zero-order valence-corrected chi connectivity index (χ0v) is 7.12. The van der Waals surface area contributed by atoms with E-state index in [9.17, 15) is 0 Å². The Labute approximate surface area is 69.6 Å². The quantitative estimate of drug-likeness (QED) is 0.383. The molecule has 0 saturated carbocycles. The fourth-order valence-electron chi connectivity index (χ4n) is 0. The number of hydrogen-bond donors (Lipinski definition) is 0. The number of rotatable bonds is 0. The molecule has 0 aliphatic heterocycles. The summed E-state index contributed by atoms with van der Waals surface area (Å²) < 4.78 is 33.8. The van der Waals surface area contributed by atoms with Crippen LogP contribution in [0.1, 0.15) is 0 Å². The van der Waals surface area contributed by atoms with Crippen molar-refractivity contribution in [2.75, 3.05) is 0 Å². The third-order valence-electron chi connectivity index (χ3n) is 0. The summed E-state index contributed by atoms with van der Waals surface area (Å²) in [5.74, 6) is 0. The Balaban J connectivity index is -0.0000000400. The third-order valence-corrected chi connectivity index (χ3v) is 0. The molecule has 0 spiro atoms. The molecule has 0 fully saturated rings. The molecule has 0 N–H and O–H groups in total. The molecule has 4 nitrogen and oxygen atoms in total. The van der Waals surface area contributed by atoms with Gasteiger partial charge in [0.2, 0.25) is 0 Å². The molecule has 0 saturated heterocycles. The van der Waals surface area contributed by atoms with Crippen LogP contribution in [-0.4, -0.2) is 23.1 Å². The number of hydrogen-bond acceptors (Lipinski definition) is 4. The third kappa shape index (κ3) is 115. The molecule has 0 atom stereocenters. The topological polar surface area (TPSA) is 80.3 Å². The van der Waals surface area contributed by atoms with Gasteiger partial charge in [0, 0.05) is 0 Å². The zero-order chi connectivity index (χ0) is 5.41. The molecular weight excluding hydrogens is 192 g/mol. The predicted octanol–water partition coefficient (Wildman–Crippen LogP) is -3.00. The minimum absolute atomic E-state index is 0. The summed E-state index contributed by atoms with van der Waals surface area (Å²) in [5, 5.41) is 0. The summed E-state index contributed by atoms with van der Waals surface area (Å²) in [6, 6.07) is 0. The van der Waals surface area contributed by atoms with Gasteiger partial charge < -0.3 is 0 Å². The summed E-state index contributed by atoms with van der Waals surface area (Å²) in [5.41, 5.74) is 0. The molecule has 0 aromatic rings. The summed E-state index contributed by atoms with van der Waals surface area (Å²) in [6.45, 7) is 0. The Morgan fingerprint density at radius 3 is 1.00 bits per heavy atom. The molecule has 0 aliphatic rings. The molecule has 0 amide bonds. The maximum absolute atomic E-state index is 8.44. The Kier molecular flexibility index (Phi) is 59.4. The van der Waals surface area contributed by atoms with Crippen molar-refractivity contribution < 1.29 is 46.9 Å². The van der Waals surface area contributed by atoms with E-state index in [-0.39, 0.29) is 23.1 Å². The van der Waals surface area contributed by atoms with E-state index in [4.69, 9.17) is 15.9 Å². The average molecular weight is 192 g/mol. The van der Waals surface area contributed by atoms with E-state index < -0.39 is 31.0 Å². The molecular formula is Cr2MgO4. The van der Waals surface area contributed by atoms with Crippen molar-refractivity contribution in [3.05, 3.63) is 0 Å². The molecule has 7 heteroatoms. The summed E-state index contributed by atoms with van der Waals surface area (Å²) in [7, 11) is 0. The van der Waals surface area contributed by atoms with E-state index in [0.717, 1.165) is 0 Å². The molecule has 7 heavy (non-hydrogen) atoms. The van der Waals surface area contributed by atoms with E-state index in [1.807, 2.05) is 0 Å². The van der Waals surface area contributed by atoms with Gasteiger partial charge in [-0.05, 0) is 0 Å². The van der Waals surface area contributed by atoms with Crippen LogP contribution in [0.3, 0.4) is 0 Å². The van der Waals surface area contributed by atoms with Crippen molar-refractivity contribution in [3.63, 3.8) is 0 Å². The van der Waals surface area contributed by atoms with Gasteiger partial charge >= 0.3 is 70.0 Å². The first-order chi connectivity index (χ1) is 2.83. The van der Waals surface area contributed by atoms with E-state index in [0.29, 0.717) is 0 Å². The molecule has 38 valence electrons. The Hall–Kier alpha value is 1.35. The second-order valence-electron chi connectivity index (χ2n) is 0.136. The van der Waals surface area contributed by atoms with Gasteiger partial charge in [-0.25, -0.2) is 0 Å². The standard InChI is InChI=1S/2Cr.Mg.4O/q;;+2;;;2*-1. The summed E-state index contributed by atoms with van der Waals surface area (Å²) in [4.78, 5) is 0. The van der Waals surface area contributed by atoms with Gasteiger partial charge in [0.05, 0.1) is 0 Å². The van der Waals surface area contributed by atoms with Gasteiger partial charge in [0.15, 0.2) is 0 Å². The van der Waals surface area contributed by atoms with Gasteiger partial charge in [-0.2, -0.15) is 0 Å². The van der Waals surface area contributed by atoms with Gasteiger partial charge in [0.25, 0.3) is 0 Å². The van der Waals surface area contributed by atoms with Crippen LogP contribution in [0, 0.1) is 0 Å². The SMILES string of the molecule is [Mg+2].[O]=[Cr][O-].[O]=[Cr][O-]. The van der Waals surface area contributed by atoms with Crippen molar-refractivity contribution in [2.24, 2.45) is 0 Å².